The number of rotatable bonds is 3. The number of hydrogen-bond acceptors (Lipinski definition) is 3. The van der Waals surface area contributed by atoms with E-state index >= 15 is 0 Å². The van der Waals surface area contributed by atoms with Gasteiger partial charge in [0.1, 0.15) is 6.29 Å². The molecule has 1 aromatic rings. The molecule has 1 spiro atoms. The number of likely N-dealkylation sites (tertiary alicyclic amines) is 1. The van der Waals surface area contributed by atoms with Crippen molar-refractivity contribution in [1.29, 1.82) is 0 Å². The fourth-order valence-corrected chi connectivity index (χ4v) is 6.12. The van der Waals surface area contributed by atoms with Crippen molar-refractivity contribution in [3.05, 3.63) is 35.4 Å². The van der Waals surface area contributed by atoms with Crippen LogP contribution in [-0.2, 0) is 10.2 Å². The second-order valence-electron chi connectivity index (χ2n) is 10.3. The molecule has 0 amide bonds. The second-order valence-corrected chi connectivity index (χ2v) is 10.3. The summed E-state index contributed by atoms with van der Waals surface area (Å²) in [6.45, 7) is 10.9. The van der Waals surface area contributed by atoms with Gasteiger partial charge >= 0.3 is 0 Å². The number of benzene rings is 1. The SMILES string of the molecule is CC(C)(C)c1ccccc1C1CCC12CCN(C1[C@@H](C=O)C[C@]1(C)O)C2. The number of nitrogens with zero attached hydrogens (tertiary/aromatic N) is 1. The molecule has 3 aliphatic rings. The Morgan fingerprint density at radius 3 is 2.54 bits per heavy atom. The van der Waals surface area contributed by atoms with Gasteiger partial charge in [-0.05, 0) is 67.0 Å². The van der Waals surface area contributed by atoms with Crippen LogP contribution in [0.2, 0.25) is 0 Å². The molecule has 1 heterocycles. The molecule has 3 fully saturated rings. The first-order valence-electron chi connectivity index (χ1n) is 10.2. The Bertz CT molecular complexity index is 704. The van der Waals surface area contributed by atoms with Gasteiger partial charge in [0.15, 0.2) is 0 Å². The number of hydrogen-bond donors (Lipinski definition) is 1. The lowest BCUT2D eigenvalue weighted by atomic mass is 9.55. The molecular formula is C23H33NO2. The smallest absolute Gasteiger partial charge is 0.124 e. The maximum Gasteiger partial charge on any atom is 0.124 e. The molecule has 0 aromatic heterocycles. The first-order chi connectivity index (χ1) is 12.2. The molecule has 3 unspecified atom stereocenters. The number of aliphatic hydroxyl groups is 1. The number of aldehydes is 1. The van der Waals surface area contributed by atoms with Crippen LogP contribution >= 0.6 is 0 Å². The van der Waals surface area contributed by atoms with Crippen molar-refractivity contribution in [1.82, 2.24) is 4.90 Å². The topological polar surface area (TPSA) is 40.5 Å². The van der Waals surface area contributed by atoms with Crippen molar-refractivity contribution < 1.29 is 9.90 Å². The van der Waals surface area contributed by atoms with Gasteiger partial charge in [-0.2, -0.15) is 0 Å². The van der Waals surface area contributed by atoms with Gasteiger partial charge in [-0.25, -0.2) is 0 Å². The molecular weight excluding hydrogens is 322 g/mol. The molecule has 5 atom stereocenters. The predicted molar refractivity (Wildman–Crippen MR) is 104 cm³/mol. The summed E-state index contributed by atoms with van der Waals surface area (Å²) in [7, 11) is 0. The summed E-state index contributed by atoms with van der Waals surface area (Å²) in [6, 6.07) is 8.99. The molecule has 0 radical (unpaired) electrons. The van der Waals surface area contributed by atoms with E-state index in [0.717, 1.165) is 19.4 Å². The van der Waals surface area contributed by atoms with Crippen LogP contribution in [0.25, 0.3) is 0 Å². The van der Waals surface area contributed by atoms with Crippen LogP contribution in [0.15, 0.2) is 24.3 Å². The highest BCUT2D eigenvalue weighted by Gasteiger charge is 2.58. The van der Waals surface area contributed by atoms with Gasteiger partial charge in [0.05, 0.1) is 5.60 Å². The first kappa shape index (κ1) is 18.2. The molecule has 2 aliphatic carbocycles. The third-order valence-electron chi connectivity index (χ3n) is 7.49. The van der Waals surface area contributed by atoms with Gasteiger partial charge in [0.2, 0.25) is 0 Å². The summed E-state index contributed by atoms with van der Waals surface area (Å²) in [5.74, 6) is 0.614. The maximum atomic E-state index is 11.4. The first-order valence-corrected chi connectivity index (χ1v) is 10.2. The summed E-state index contributed by atoms with van der Waals surface area (Å²) in [5.41, 5.74) is 2.79. The van der Waals surface area contributed by atoms with Gasteiger partial charge in [0.25, 0.3) is 0 Å². The summed E-state index contributed by atoms with van der Waals surface area (Å²) in [5, 5.41) is 10.6. The highest BCUT2D eigenvalue weighted by Crippen LogP contribution is 2.60. The predicted octanol–water partition coefficient (Wildman–Crippen LogP) is 3.89. The summed E-state index contributed by atoms with van der Waals surface area (Å²) in [6.07, 6.45) is 5.39. The molecule has 1 saturated heterocycles. The van der Waals surface area contributed by atoms with Gasteiger partial charge in [-0.3, -0.25) is 4.90 Å². The molecule has 1 N–H and O–H groups in total. The van der Waals surface area contributed by atoms with Gasteiger partial charge < -0.3 is 9.90 Å². The summed E-state index contributed by atoms with van der Waals surface area (Å²) in [4.78, 5) is 13.8. The molecule has 0 bridgehead atoms. The number of carbonyl (C=O) groups excluding carboxylic acids is 1. The standard InChI is InChI=1S/C23H33NO2/c1-21(2,3)18-8-6-5-7-17(18)19-9-10-23(19)11-12-24(15-23)20-16(14-25)13-22(20,4)26/h5-8,14,16,19-20,26H,9-13,15H2,1-4H3/t16-,19?,20?,22+,23?/m1/s1. The van der Waals surface area contributed by atoms with Gasteiger partial charge in [0, 0.05) is 18.5 Å². The van der Waals surface area contributed by atoms with E-state index in [-0.39, 0.29) is 17.4 Å². The zero-order chi connectivity index (χ0) is 18.7. The van der Waals surface area contributed by atoms with Crippen molar-refractivity contribution in [3.8, 4) is 0 Å². The fourth-order valence-electron chi connectivity index (χ4n) is 6.12. The van der Waals surface area contributed by atoms with Crippen molar-refractivity contribution in [2.45, 2.75) is 76.4 Å². The lowest BCUT2D eigenvalue weighted by molar-refractivity contribution is -0.153. The average Bonchev–Trinajstić information content (AvgIpc) is 2.98. The van der Waals surface area contributed by atoms with Gasteiger partial charge in [-0.15, -0.1) is 0 Å². The Morgan fingerprint density at radius 2 is 1.96 bits per heavy atom. The van der Waals surface area contributed by atoms with Gasteiger partial charge in [-0.1, -0.05) is 45.0 Å². The molecule has 1 aliphatic heterocycles. The van der Waals surface area contributed by atoms with Crippen LogP contribution in [0.3, 0.4) is 0 Å². The van der Waals surface area contributed by atoms with Crippen LogP contribution in [0.4, 0.5) is 0 Å². The van der Waals surface area contributed by atoms with E-state index in [1.54, 1.807) is 0 Å². The van der Waals surface area contributed by atoms with Crippen molar-refractivity contribution in [2.24, 2.45) is 11.3 Å². The molecule has 2 saturated carbocycles. The van der Waals surface area contributed by atoms with Crippen molar-refractivity contribution in [2.75, 3.05) is 13.1 Å². The second kappa shape index (κ2) is 5.90. The van der Waals surface area contributed by atoms with E-state index in [2.05, 4.69) is 49.9 Å². The molecule has 26 heavy (non-hydrogen) atoms. The van der Waals surface area contributed by atoms with E-state index < -0.39 is 5.60 Å². The van der Waals surface area contributed by atoms with E-state index in [0.29, 0.717) is 17.8 Å². The highest BCUT2D eigenvalue weighted by molar-refractivity contribution is 5.58. The molecule has 1 aromatic carbocycles. The zero-order valence-electron chi connectivity index (χ0n) is 16.7. The number of carbonyl (C=O) groups is 1. The Kier molecular flexibility index (Phi) is 4.13. The van der Waals surface area contributed by atoms with E-state index in [9.17, 15) is 9.90 Å². The average molecular weight is 356 g/mol. The lowest BCUT2D eigenvalue weighted by Gasteiger charge is -2.54. The van der Waals surface area contributed by atoms with Crippen LogP contribution in [0.1, 0.15) is 70.4 Å². The van der Waals surface area contributed by atoms with Crippen molar-refractivity contribution in [3.63, 3.8) is 0 Å². The quantitative estimate of drug-likeness (QED) is 0.836. The van der Waals surface area contributed by atoms with Crippen molar-refractivity contribution >= 4 is 6.29 Å². The maximum absolute atomic E-state index is 11.4. The van der Waals surface area contributed by atoms with Crippen LogP contribution in [-0.4, -0.2) is 41.0 Å². The largest absolute Gasteiger partial charge is 0.388 e. The minimum absolute atomic E-state index is 0.000498. The Balaban J connectivity index is 1.58. The monoisotopic (exact) mass is 355 g/mol. The molecule has 3 heteroatoms. The van der Waals surface area contributed by atoms with E-state index in [1.807, 2.05) is 6.92 Å². The Labute approximate surface area is 157 Å². The Morgan fingerprint density at radius 1 is 1.23 bits per heavy atom. The highest BCUT2D eigenvalue weighted by atomic mass is 16.3. The lowest BCUT2D eigenvalue weighted by Crippen LogP contribution is -2.65. The third kappa shape index (κ3) is 2.66. The normalized spacial score (nSPS) is 40.3. The van der Waals surface area contributed by atoms with E-state index in [1.165, 1.54) is 30.4 Å². The Hall–Kier alpha value is -1.19. The fraction of sp³-hybridized carbons (Fsp3) is 0.696. The molecule has 3 nitrogen and oxygen atoms in total. The summed E-state index contributed by atoms with van der Waals surface area (Å²) < 4.78 is 0. The van der Waals surface area contributed by atoms with Crippen LogP contribution in [0.5, 0.6) is 0 Å². The van der Waals surface area contributed by atoms with Crippen LogP contribution in [0, 0.1) is 11.3 Å². The summed E-state index contributed by atoms with van der Waals surface area (Å²) >= 11 is 0. The molecule has 142 valence electrons. The third-order valence-corrected chi connectivity index (χ3v) is 7.49. The molecule has 4 rings (SSSR count). The minimum Gasteiger partial charge on any atom is -0.388 e. The van der Waals surface area contributed by atoms with Crippen LogP contribution < -0.4 is 0 Å². The minimum atomic E-state index is -0.709. The van der Waals surface area contributed by atoms with E-state index in [4.69, 9.17) is 0 Å². The zero-order valence-corrected chi connectivity index (χ0v) is 16.7.